The molecule has 1 aliphatic rings. The van der Waals surface area contributed by atoms with Crippen LogP contribution in [-0.2, 0) is 11.3 Å². The van der Waals surface area contributed by atoms with Gasteiger partial charge in [-0.1, -0.05) is 18.7 Å². The average Bonchev–Trinajstić information content (AvgIpc) is 3.29. The van der Waals surface area contributed by atoms with Gasteiger partial charge in [0.05, 0.1) is 12.3 Å². The molecule has 2 heterocycles. The maximum absolute atomic E-state index is 14.5. The number of ether oxygens (including phenoxy) is 1. The van der Waals surface area contributed by atoms with Crippen LogP contribution in [0.5, 0.6) is 5.75 Å². The van der Waals surface area contributed by atoms with Crippen LogP contribution in [0.3, 0.4) is 0 Å². The van der Waals surface area contributed by atoms with Gasteiger partial charge in [0.2, 0.25) is 11.9 Å². The first-order chi connectivity index (χ1) is 17.4. The number of anilines is 4. The van der Waals surface area contributed by atoms with Crippen LogP contribution in [0.25, 0.3) is 0 Å². The molecule has 1 aromatic heterocycles. The van der Waals surface area contributed by atoms with E-state index in [0.717, 1.165) is 11.8 Å². The van der Waals surface area contributed by atoms with E-state index in [0.29, 0.717) is 24.3 Å². The van der Waals surface area contributed by atoms with E-state index < -0.39 is 17.7 Å². The Morgan fingerprint density at radius 2 is 2.03 bits per heavy atom. The van der Waals surface area contributed by atoms with E-state index >= 15 is 0 Å². The number of halogens is 2. The van der Waals surface area contributed by atoms with Gasteiger partial charge in [-0.3, -0.25) is 4.79 Å². The van der Waals surface area contributed by atoms with Crippen LogP contribution >= 0.6 is 0 Å². The van der Waals surface area contributed by atoms with E-state index in [1.165, 1.54) is 18.2 Å². The number of aromatic nitrogens is 2. The number of nitrogens with zero attached hydrogens (tertiary/aromatic N) is 2. The van der Waals surface area contributed by atoms with E-state index in [4.69, 9.17) is 4.74 Å². The van der Waals surface area contributed by atoms with Crippen LogP contribution in [0.1, 0.15) is 12.0 Å². The number of nitrogens with one attached hydrogen (secondary N) is 4. The van der Waals surface area contributed by atoms with E-state index in [1.807, 2.05) is 6.07 Å². The molecule has 3 aromatic rings. The minimum Gasteiger partial charge on any atom is -0.489 e. The van der Waals surface area contributed by atoms with Gasteiger partial charge in [0.25, 0.3) is 0 Å². The van der Waals surface area contributed by atoms with Gasteiger partial charge in [-0.15, -0.1) is 0 Å². The number of aliphatic hydroxyl groups excluding tert-OH is 1. The Hall–Kier alpha value is -4.09. The fraction of sp³-hybridized carbons (Fsp3) is 0.240. The molecule has 0 saturated carbocycles. The molecule has 11 heteroatoms. The number of aliphatic hydroxyl groups is 1. The molecule has 5 N–H and O–H groups in total. The highest BCUT2D eigenvalue weighted by atomic mass is 19.1. The van der Waals surface area contributed by atoms with Crippen LogP contribution in [0.15, 0.2) is 61.3 Å². The second-order valence-electron chi connectivity index (χ2n) is 8.21. The second-order valence-corrected chi connectivity index (χ2v) is 8.21. The standard InChI is InChI=1S/C25H26F2N6O3/c1-2-23(35)29-11-15-4-3-5-16(8-15)31-24-21(27)13-30-25(33-24)32-17-6-7-22(20(26)10-17)36-14-18-9-19(34)12-28-18/h2-8,10,13,18-19,28,34H,1,9,11-12,14H2,(H,29,35)(H2,30,31,32,33)/t18-,19+/m0/s1. The smallest absolute Gasteiger partial charge is 0.243 e. The quantitative estimate of drug-likeness (QED) is 0.272. The number of amides is 1. The number of benzene rings is 2. The van der Waals surface area contributed by atoms with Crippen molar-refractivity contribution in [3.05, 3.63) is 78.5 Å². The SMILES string of the molecule is C=CC(=O)NCc1cccc(Nc2nc(Nc3ccc(OC[C@@H]4C[C@@H](O)CN4)c(F)c3)ncc2F)c1. The Balaban J connectivity index is 1.39. The molecule has 2 aromatic carbocycles. The van der Waals surface area contributed by atoms with Crippen LogP contribution in [0, 0.1) is 11.6 Å². The van der Waals surface area contributed by atoms with Crippen molar-refractivity contribution >= 4 is 29.0 Å². The summed E-state index contributed by atoms with van der Waals surface area (Å²) in [5.41, 5.74) is 1.70. The van der Waals surface area contributed by atoms with Crippen LogP contribution in [0.2, 0.25) is 0 Å². The number of β-amino-alcohol motifs (C(OH)–C–C–N with tert-alkyl or cyclic N) is 1. The molecule has 0 aliphatic carbocycles. The van der Waals surface area contributed by atoms with Crippen LogP contribution in [0.4, 0.5) is 31.9 Å². The van der Waals surface area contributed by atoms with Gasteiger partial charge in [0.15, 0.2) is 23.2 Å². The summed E-state index contributed by atoms with van der Waals surface area (Å²) in [4.78, 5) is 19.4. The molecule has 1 amide bonds. The molecule has 1 fully saturated rings. The van der Waals surface area contributed by atoms with E-state index in [-0.39, 0.29) is 42.6 Å². The van der Waals surface area contributed by atoms with Gasteiger partial charge in [-0.05, 0) is 42.3 Å². The van der Waals surface area contributed by atoms with Gasteiger partial charge >= 0.3 is 0 Å². The maximum Gasteiger partial charge on any atom is 0.243 e. The average molecular weight is 497 g/mol. The highest BCUT2D eigenvalue weighted by Gasteiger charge is 2.22. The number of hydrogen-bond acceptors (Lipinski definition) is 8. The molecule has 36 heavy (non-hydrogen) atoms. The summed E-state index contributed by atoms with van der Waals surface area (Å²) in [6, 6.07) is 11.3. The molecule has 2 atom stereocenters. The normalized spacial score (nSPS) is 16.9. The summed E-state index contributed by atoms with van der Waals surface area (Å²) >= 11 is 0. The Bertz CT molecular complexity index is 1240. The zero-order valence-electron chi connectivity index (χ0n) is 19.3. The van der Waals surface area contributed by atoms with E-state index in [1.54, 1.807) is 24.3 Å². The van der Waals surface area contributed by atoms with Crippen LogP contribution < -0.4 is 26.0 Å². The van der Waals surface area contributed by atoms with Gasteiger partial charge in [-0.2, -0.15) is 4.98 Å². The van der Waals surface area contributed by atoms with E-state index in [9.17, 15) is 18.7 Å². The van der Waals surface area contributed by atoms with Crippen molar-refractivity contribution < 1.29 is 23.4 Å². The predicted octanol–water partition coefficient (Wildman–Crippen LogP) is 3.15. The monoisotopic (exact) mass is 496 g/mol. The molecular weight excluding hydrogens is 470 g/mol. The summed E-state index contributed by atoms with van der Waals surface area (Å²) in [6.45, 7) is 4.42. The van der Waals surface area contributed by atoms with Crippen molar-refractivity contribution in [3.8, 4) is 5.75 Å². The topological polar surface area (TPSA) is 120 Å². The molecule has 188 valence electrons. The molecule has 0 spiro atoms. The molecule has 9 nitrogen and oxygen atoms in total. The summed E-state index contributed by atoms with van der Waals surface area (Å²) in [5, 5.41) is 21.1. The Morgan fingerprint density at radius 1 is 1.19 bits per heavy atom. The minimum atomic E-state index is -0.675. The molecule has 0 unspecified atom stereocenters. The maximum atomic E-state index is 14.5. The third kappa shape index (κ3) is 6.74. The summed E-state index contributed by atoms with van der Waals surface area (Å²) in [7, 11) is 0. The predicted molar refractivity (Wildman–Crippen MR) is 131 cm³/mol. The van der Waals surface area contributed by atoms with Gasteiger partial charge in [-0.25, -0.2) is 13.8 Å². The molecule has 1 aliphatic heterocycles. The summed E-state index contributed by atoms with van der Waals surface area (Å²) < 4.78 is 34.4. The third-order valence-electron chi connectivity index (χ3n) is 5.41. The fourth-order valence-electron chi connectivity index (χ4n) is 3.61. The number of rotatable bonds is 10. The lowest BCUT2D eigenvalue weighted by molar-refractivity contribution is -0.116. The van der Waals surface area contributed by atoms with Gasteiger partial charge < -0.3 is 31.1 Å². The summed E-state index contributed by atoms with van der Waals surface area (Å²) in [6.07, 6.45) is 2.32. The van der Waals surface area contributed by atoms with Gasteiger partial charge in [0, 0.05) is 36.6 Å². The lowest BCUT2D eigenvalue weighted by Crippen LogP contribution is -2.28. The molecule has 0 bridgehead atoms. The fourth-order valence-corrected chi connectivity index (χ4v) is 3.61. The van der Waals surface area contributed by atoms with Crippen molar-refractivity contribution in [3.63, 3.8) is 0 Å². The Morgan fingerprint density at radius 3 is 2.78 bits per heavy atom. The lowest BCUT2D eigenvalue weighted by Gasteiger charge is -2.14. The molecule has 0 radical (unpaired) electrons. The van der Waals surface area contributed by atoms with Crippen molar-refractivity contribution in [2.45, 2.75) is 25.1 Å². The molecule has 4 rings (SSSR count). The molecule has 1 saturated heterocycles. The largest absolute Gasteiger partial charge is 0.489 e. The summed E-state index contributed by atoms with van der Waals surface area (Å²) in [5.74, 6) is -1.49. The second kappa shape index (κ2) is 11.6. The van der Waals surface area contributed by atoms with Gasteiger partial charge in [0.1, 0.15) is 6.61 Å². The lowest BCUT2D eigenvalue weighted by atomic mass is 10.2. The minimum absolute atomic E-state index is 0.0395. The number of hydrogen-bond donors (Lipinski definition) is 5. The highest BCUT2D eigenvalue weighted by molar-refractivity contribution is 5.86. The Kier molecular flexibility index (Phi) is 8.03. The number of carbonyl (C=O) groups excluding carboxylic acids is 1. The van der Waals surface area contributed by atoms with Crippen molar-refractivity contribution in [1.82, 2.24) is 20.6 Å². The first-order valence-electron chi connectivity index (χ1n) is 11.3. The zero-order chi connectivity index (χ0) is 25.5. The van der Waals surface area contributed by atoms with Crippen molar-refractivity contribution in [1.29, 1.82) is 0 Å². The number of carbonyl (C=O) groups is 1. The van der Waals surface area contributed by atoms with Crippen molar-refractivity contribution in [2.24, 2.45) is 0 Å². The van der Waals surface area contributed by atoms with Crippen LogP contribution in [-0.4, -0.2) is 46.3 Å². The van der Waals surface area contributed by atoms with E-state index in [2.05, 4.69) is 37.8 Å². The zero-order valence-corrected chi connectivity index (χ0v) is 19.3. The Labute approximate surface area is 206 Å². The molecular formula is C25H26F2N6O3. The highest BCUT2D eigenvalue weighted by Crippen LogP contribution is 2.25. The first kappa shape index (κ1) is 25.0. The first-order valence-corrected chi connectivity index (χ1v) is 11.3. The third-order valence-corrected chi connectivity index (χ3v) is 5.41. The van der Waals surface area contributed by atoms with Crippen molar-refractivity contribution in [2.75, 3.05) is 23.8 Å².